The standard InChI is InChI=1S/C24H27N5O/c1-4-19-7-9-20(10-8-19)24(30)29-14-12-28(13-15-29)23-17(2)18(3)26-22(27-23)21-6-5-11-25-16-21/h5-11,16H,4,12-15H2,1-3H3. The minimum absolute atomic E-state index is 0.101. The highest BCUT2D eigenvalue weighted by molar-refractivity contribution is 5.94. The number of hydrogen-bond acceptors (Lipinski definition) is 5. The molecule has 1 fully saturated rings. The zero-order valence-corrected chi connectivity index (χ0v) is 17.8. The zero-order chi connectivity index (χ0) is 21.1. The minimum Gasteiger partial charge on any atom is -0.353 e. The van der Waals surface area contributed by atoms with Crippen molar-refractivity contribution in [2.45, 2.75) is 27.2 Å². The van der Waals surface area contributed by atoms with E-state index in [-0.39, 0.29) is 5.91 Å². The average molecular weight is 402 g/mol. The molecule has 0 spiro atoms. The Morgan fingerprint density at radius 1 is 1.00 bits per heavy atom. The highest BCUT2D eigenvalue weighted by atomic mass is 16.2. The molecule has 0 radical (unpaired) electrons. The SMILES string of the molecule is CCc1ccc(C(=O)N2CCN(c3nc(-c4cccnc4)nc(C)c3C)CC2)cc1. The molecule has 0 unspecified atom stereocenters. The Kier molecular flexibility index (Phi) is 5.74. The van der Waals surface area contributed by atoms with Gasteiger partial charge in [0.15, 0.2) is 5.82 Å². The summed E-state index contributed by atoms with van der Waals surface area (Å²) in [6.45, 7) is 9.06. The number of aromatic nitrogens is 3. The van der Waals surface area contributed by atoms with E-state index in [9.17, 15) is 4.79 Å². The number of carbonyl (C=O) groups is 1. The Balaban J connectivity index is 1.50. The van der Waals surface area contributed by atoms with Crippen LogP contribution < -0.4 is 4.90 Å². The molecule has 6 nitrogen and oxygen atoms in total. The van der Waals surface area contributed by atoms with Crippen molar-refractivity contribution in [3.8, 4) is 11.4 Å². The van der Waals surface area contributed by atoms with E-state index in [2.05, 4.69) is 28.7 Å². The first-order chi connectivity index (χ1) is 14.6. The summed E-state index contributed by atoms with van der Waals surface area (Å²) in [5, 5.41) is 0. The third-order valence-electron chi connectivity index (χ3n) is 5.76. The second-order valence-electron chi connectivity index (χ2n) is 7.65. The predicted molar refractivity (Wildman–Crippen MR) is 119 cm³/mol. The summed E-state index contributed by atoms with van der Waals surface area (Å²) in [5.74, 6) is 1.74. The summed E-state index contributed by atoms with van der Waals surface area (Å²) >= 11 is 0. The minimum atomic E-state index is 0.101. The molecule has 4 rings (SSSR count). The molecule has 154 valence electrons. The molecule has 2 aromatic heterocycles. The fourth-order valence-electron chi connectivity index (χ4n) is 3.73. The number of hydrogen-bond donors (Lipinski definition) is 0. The molecule has 1 saturated heterocycles. The van der Waals surface area contributed by atoms with Gasteiger partial charge in [0.2, 0.25) is 0 Å². The van der Waals surface area contributed by atoms with Crippen molar-refractivity contribution < 1.29 is 4.79 Å². The van der Waals surface area contributed by atoms with Gasteiger partial charge in [-0.1, -0.05) is 19.1 Å². The molecule has 1 amide bonds. The van der Waals surface area contributed by atoms with E-state index in [1.54, 1.807) is 12.4 Å². The molecule has 0 aliphatic carbocycles. The van der Waals surface area contributed by atoms with E-state index in [0.29, 0.717) is 18.9 Å². The monoisotopic (exact) mass is 401 g/mol. The van der Waals surface area contributed by atoms with E-state index in [0.717, 1.165) is 47.7 Å². The molecule has 1 aromatic carbocycles. The van der Waals surface area contributed by atoms with Crippen LogP contribution in [0.25, 0.3) is 11.4 Å². The first kappa shape index (κ1) is 20.0. The molecule has 1 aliphatic heterocycles. The molecule has 3 aromatic rings. The normalized spacial score (nSPS) is 14.1. The third-order valence-corrected chi connectivity index (χ3v) is 5.76. The van der Waals surface area contributed by atoms with E-state index >= 15 is 0 Å². The molecule has 1 aliphatic rings. The second kappa shape index (κ2) is 8.61. The second-order valence-corrected chi connectivity index (χ2v) is 7.65. The highest BCUT2D eigenvalue weighted by Gasteiger charge is 2.25. The van der Waals surface area contributed by atoms with Crippen LogP contribution in [-0.2, 0) is 6.42 Å². The fourth-order valence-corrected chi connectivity index (χ4v) is 3.73. The van der Waals surface area contributed by atoms with Crippen LogP contribution in [0.1, 0.15) is 34.1 Å². The lowest BCUT2D eigenvalue weighted by molar-refractivity contribution is 0.0746. The average Bonchev–Trinajstić information content (AvgIpc) is 2.81. The van der Waals surface area contributed by atoms with Crippen molar-refractivity contribution in [1.29, 1.82) is 0 Å². The van der Waals surface area contributed by atoms with Crippen LogP contribution >= 0.6 is 0 Å². The molecule has 3 heterocycles. The van der Waals surface area contributed by atoms with Crippen molar-refractivity contribution in [3.05, 3.63) is 71.2 Å². The lowest BCUT2D eigenvalue weighted by atomic mass is 10.1. The van der Waals surface area contributed by atoms with E-state index < -0.39 is 0 Å². The smallest absolute Gasteiger partial charge is 0.253 e. The van der Waals surface area contributed by atoms with Gasteiger partial charge in [-0.05, 0) is 50.1 Å². The molecular formula is C24H27N5O. The number of amides is 1. The van der Waals surface area contributed by atoms with Crippen molar-refractivity contribution >= 4 is 11.7 Å². The Morgan fingerprint density at radius 3 is 2.37 bits per heavy atom. The highest BCUT2D eigenvalue weighted by Crippen LogP contribution is 2.25. The van der Waals surface area contributed by atoms with Crippen LogP contribution in [0.5, 0.6) is 0 Å². The Morgan fingerprint density at radius 2 is 1.73 bits per heavy atom. The van der Waals surface area contributed by atoms with Gasteiger partial charge >= 0.3 is 0 Å². The van der Waals surface area contributed by atoms with Gasteiger partial charge in [0, 0.05) is 61.0 Å². The van der Waals surface area contributed by atoms with Crippen molar-refractivity contribution in [1.82, 2.24) is 19.9 Å². The van der Waals surface area contributed by atoms with E-state index in [1.165, 1.54) is 5.56 Å². The van der Waals surface area contributed by atoms with E-state index in [4.69, 9.17) is 4.98 Å². The molecule has 0 N–H and O–H groups in total. The van der Waals surface area contributed by atoms with Gasteiger partial charge in [0.25, 0.3) is 5.91 Å². The van der Waals surface area contributed by atoms with Crippen molar-refractivity contribution in [3.63, 3.8) is 0 Å². The number of rotatable bonds is 4. The molecule has 0 saturated carbocycles. The van der Waals surface area contributed by atoms with Gasteiger partial charge in [-0.3, -0.25) is 9.78 Å². The Labute approximate surface area is 177 Å². The number of anilines is 1. The largest absolute Gasteiger partial charge is 0.353 e. The summed E-state index contributed by atoms with van der Waals surface area (Å²) in [6.07, 6.45) is 4.51. The molecule has 0 bridgehead atoms. The molecule has 30 heavy (non-hydrogen) atoms. The molecule has 6 heteroatoms. The first-order valence-corrected chi connectivity index (χ1v) is 10.5. The quantitative estimate of drug-likeness (QED) is 0.667. The number of nitrogens with zero attached hydrogens (tertiary/aromatic N) is 5. The lowest BCUT2D eigenvalue weighted by Crippen LogP contribution is -2.49. The van der Waals surface area contributed by atoms with Gasteiger partial charge in [0.05, 0.1) is 0 Å². The van der Waals surface area contributed by atoms with Crippen LogP contribution in [0.4, 0.5) is 5.82 Å². The van der Waals surface area contributed by atoms with Crippen LogP contribution in [0.3, 0.4) is 0 Å². The van der Waals surface area contributed by atoms with Crippen LogP contribution in [0, 0.1) is 13.8 Å². The predicted octanol–water partition coefficient (Wildman–Crippen LogP) is 3.68. The summed E-state index contributed by atoms with van der Waals surface area (Å²) in [4.78, 5) is 30.8. The van der Waals surface area contributed by atoms with Gasteiger partial charge in [-0.15, -0.1) is 0 Å². The van der Waals surface area contributed by atoms with Crippen LogP contribution in [0.15, 0.2) is 48.8 Å². The summed E-state index contributed by atoms with van der Waals surface area (Å²) in [5.41, 5.74) is 4.96. The topological polar surface area (TPSA) is 62.2 Å². The van der Waals surface area contributed by atoms with Gasteiger partial charge in [0.1, 0.15) is 5.82 Å². The number of pyridine rings is 1. The number of benzene rings is 1. The fraction of sp³-hybridized carbons (Fsp3) is 0.333. The Hall–Kier alpha value is -3.28. The maximum Gasteiger partial charge on any atom is 0.253 e. The van der Waals surface area contributed by atoms with Crippen molar-refractivity contribution in [2.75, 3.05) is 31.1 Å². The first-order valence-electron chi connectivity index (χ1n) is 10.5. The lowest BCUT2D eigenvalue weighted by Gasteiger charge is -2.36. The van der Waals surface area contributed by atoms with Gasteiger partial charge in [-0.25, -0.2) is 9.97 Å². The maximum absolute atomic E-state index is 12.9. The van der Waals surface area contributed by atoms with Crippen LogP contribution in [-0.4, -0.2) is 51.9 Å². The number of carbonyl (C=O) groups excluding carboxylic acids is 1. The van der Waals surface area contributed by atoms with Crippen LogP contribution in [0.2, 0.25) is 0 Å². The zero-order valence-electron chi connectivity index (χ0n) is 17.8. The summed E-state index contributed by atoms with van der Waals surface area (Å²) in [6, 6.07) is 11.8. The third kappa shape index (κ3) is 4.03. The summed E-state index contributed by atoms with van der Waals surface area (Å²) in [7, 11) is 0. The van der Waals surface area contributed by atoms with E-state index in [1.807, 2.05) is 48.2 Å². The number of piperazine rings is 1. The number of aryl methyl sites for hydroxylation is 2. The Bertz CT molecular complexity index is 1030. The molecular weight excluding hydrogens is 374 g/mol. The van der Waals surface area contributed by atoms with Gasteiger partial charge in [-0.2, -0.15) is 0 Å². The molecule has 0 atom stereocenters. The summed E-state index contributed by atoms with van der Waals surface area (Å²) < 4.78 is 0. The van der Waals surface area contributed by atoms with Gasteiger partial charge < -0.3 is 9.80 Å². The van der Waals surface area contributed by atoms with Crippen molar-refractivity contribution in [2.24, 2.45) is 0 Å². The maximum atomic E-state index is 12.9.